The molecule has 1 atom stereocenters. The van der Waals surface area contributed by atoms with Crippen molar-refractivity contribution in [3.05, 3.63) is 40.3 Å². The normalized spacial score (nSPS) is 16.3. The Hall–Kier alpha value is -2.70. The number of fused-ring (bicyclic) bond motifs is 1. The third-order valence-corrected chi connectivity index (χ3v) is 5.45. The van der Waals surface area contributed by atoms with Gasteiger partial charge in [-0.15, -0.1) is 0 Å². The van der Waals surface area contributed by atoms with Gasteiger partial charge in [0.15, 0.2) is 11.8 Å². The molecule has 1 heterocycles. The van der Waals surface area contributed by atoms with E-state index in [9.17, 15) is 14.4 Å². The minimum atomic E-state index is -0.938. The third kappa shape index (κ3) is 5.26. The van der Waals surface area contributed by atoms with Crippen molar-refractivity contribution in [1.82, 2.24) is 15.1 Å². The Bertz CT molecular complexity index is 959. The first kappa shape index (κ1) is 22.0. The molecule has 1 N–H and O–H groups in total. The van der Waals surface area contributed by atoms with E-state index in [0.717, 1.165) is 25.7 Å². The van der Waals surface area contributed by atoms with E-state index in [1.54, 1.807) is 31.2 Å². The van der Waals surface area contributed by atoms with Crippen LogP contribution in [0.15, 0.2) is 29.1 Å². The fraction of sp³-hybridized carbons (Fsp3) is 0.565. The van der Waals surface area contributed by atoms with Crippen LogP contribution in [0.5, 0.6) is 0 Å². The van der Waals surface area contributed by atoms with E-state index in [0.29, 0.717) is 17.3 Å². The molecule has 2 aromatic rings. The SMILES string of the molecule is CC(C)Cn1nc(C(=O)O[C@@H](C)C(=O)NC2CCCCCC2)c2ccccc2c1=O. The first-order chi connectivity index (χ1) is 14.4. The lowest BCUT2D eigenvalue weighted by atomic mass is 10.1. The molecule has 1 aliphatic carbocycles. The Morgan fingerprint density at radius 1 is 1.10 bits per heavy atom. The summed E-state index contributed by atoms with van der Waals surface area (Å²) in [7, 11) is 0. The van der Waals surface area contributed by atoms with Crippen molar-refractivity contribution in [3.63, 3.8) is 0 Å². The number of benzene rings is 1. The van der Waals surface area contributed by atoms with Gasteiger partial charge in [-0.2, -0.15) is 5.10 Å². The molecule has 1 amide bonds. The highest BCUT2D eigenvalue weighted by Gasteiger charge is 2.25. The molecule has 0 aliphatic heterocycles. The van der Waals surface area contributed by atoms with Crippen LogP contribution in [0.4, 0.5) is 0 Å². The predicted octanol–water partition coefficient (Wildman–Crippen LogP) is 3.44. The van der Waals surface area contributed by atoms with Crippen LogP contribution in [0, 0.1) is 5.92 Å². The maximum atomic E-state index is 12.9. The van der Waals surface area contributed by atoms with Crippen molar-refractivity contribution in [2.75, 3.05) is 0 Å². The Balaban J connectivity index is 1.79. The molecule has 162 valence electrons. The van der Waals surface area contributed by atoms with Crippen LogP contribution < -0.4 is 10.9 Å². The highest BCUT2D eigenvalue weighted by molar-refractivity contribution is 6.02. The van der Waals surface area contributed by atoms with E-state index >= 15 is 0 Å². The molecule has 1 aliphatic rings. The summed E-state index contributed by atoms with van der Waals surface area (Å²) in [6.07, 6.45) is 5.58. The fourth-order valence-electron chi connectivity index (χ4n) is 3.87. The average Bonchev–Trinajstić information content (AvgIpc) is 2.98. The van der Waals surface area contributed by atoms with Gasteiger partial charge in [-0.3, -0.25) is 9.59 Å². The molecule has 1 saturated carbocycles. The maximum absolute atomic E-state index is 12.9. The Kier molecular flexibility index (Phi) is 7.24. The summed E-state index contributed by atoms with van der Waals surface area (Å²) < 4.78 is 6.76. The first-order valence-corrected chi connectivity index (χ1v) is 10.9. The van der Waals surface area contributed by atoms with E-state index in [2.05, 4.69) is 10.4 Å². The van der Waals surface area contributed by atoms with Gasteiger partial charge in [-0.25, -0.2) is 9.48 Å². The number of rotatable bonds is 6. The van der Waals surface area contributed by atoms with Gasteiger partial charge >= 0.3 is 5.97 Å². The highest BCUT2D eigenvalue weighted by atomic mass is 16.5. The second-order valence-electron chi connectivity index (χ2n) is 8.52. The molecule has 1 fully saturated rings. The van der Waals surface area contributed by atoms with Crippen molar-refractivity contribution < 1.29 is 14.3 Å². The molecular weight excluding hydrogens is 382 g/mol. The number of carbonyl (C=O) groups is 2. The van der Waals surface area contributed by atoms with Gasteiger partial charge in [0.1, 0.15) is 0 Å². The van der Waals surface area contributed by atoms with Crippen molar-refractivity contribution in [3.8, 4) is 0 Å². The minimum Gasteiger partial charge on any atom is -0.448 e. The van der Waals surface area contributed by atoms with E-state index in [1.807, 2.05) is 13.8 Å². The maximum Gasteiger partial charge on any atom is 0.360 e. The zero-order chi connectivity index (χ0) is 21.7. The Labute approximate surface area is 176 Å². The summed E-state index contributed by atoms with van der Waals surface area (Å²) in [6.45, 7) is 5.90. The smallest absolute Gasteiger partial charge is 0.360 e. The fourth-order valence-corrected chi connectivity index (χ4v) is 3.87. The molecule has 1 aromatic heterocycles. The monoisotopic (exact) mass is 413 g/mol. The number of amides is 1. The molecular formula is C23H31N3O4. The largest absolute Gasteiger partial charge is 0.448 e. The molecule has 3 rings (SSSR count). The lowest BCUT2D eigenvalue weighted by Crippen LogP contribution is -2.42. The zero-order valence-electron chi connectivity index (χ0n) is 18.0. The number of ether oxygens (including phenoxy) is 1. The lowest BCUT2D eigenvalue weighted by Gasteiger charge is -2.20. The van der Waals surface area contributed by atoms with Crippen molar-refractivity contribution in [2.45, 2.75) is 78.0 Å². The minimum absolute atomic E-state index is 0.0555. The zero-order valence-corrected chi connectivity index (χ0v) is 18.0. The van der Waals surface area contributed by atoms with Crippen LogP contribution in [0.3, 0.4) is 0 Å². The van der Waals surface area contributed by atoms with Crippen LogP contribution in [0.25, 0.3) is 10.8 Å². The highest BCUT2D eigenvalue weighted by Crippen LogP contribution is 2.18. The quantitative estimate of drug-likeness (QED) is 0.579. The summed E-state index contributed by atoms with van der Waals surface area (Å²) in [4.78, 5) is 38.1. The second kappa shape index (κ2) is 9.87. The summed E-state index contributed by atoms with van der Waals surface area (Å²) in [5, 5.41) is 8.13. The van der Waals surface area contributed by atoms with Gasteiger partial charge in [-0.05, 0) is 31.7 Å². The standard InChI is InChI=1S/C23H31N3O4/c1-15(2)14-26-22(28)19-13-9-8-12-18(19)20(25-26)23(29)30-16(3)21(27)24-17-10-6-4-5-7-11-17/h8-9,12-13,15-17H,4-7,10-11,14H2,1-3H3,(H,24,27)/t16-/m0/s1. The van der Waals surface area contributed by atoms with Crippen LogP contribution in [-0.2, 0) is 16.1 Å². The number of hydrogen-bond acceptors (Lipinski definition) is 5. The third-order valence-electron chi connectivity index (χ3n) is 5.45. The van der Waals surface area contributed by atoms with Crippen molar-refractivity contribution in [1.29, 1.82) is 0 Å². The topological polar surface area (TPSA) is 90.3 Å². The number of nitrogens with one attached hydrogen (secondary N) is 1. The predicted molar refractivity (Wildman–Crippen MR) is 115 cm³/mol. The second-order valence-corrected chi connectivity index (χ2v) is 8.52. The van der Waals surface area contributed by atoms with Crippen LogP contribution in [0.2, 0.25) is 0 Å². The molecule has 1 aromatic carbocycles. The molecule has 0 saturated heterocycles. The first-order valence-electron chi connectivity index (χ1n) is 10.9. The van der Waals surface area contributed by atoms with Gasteiger partial charge in [0.05, 0.1) is 5.39 Å². The molecule has 30 heavy (non-hydrogen) atoms. The van der Waals surface area contributed by atoms with Crippen molar-refractivity contribution >= 4 is 22.6 Å². The van der Waals surface area contributed by atoms with Gasteiger partial charge in [0, 0.05) is 18.0 Å². The Morgan fingerprint density at radius 2 is 1.73 bits per heavy atom. The number of hydrogen-bond donors (Lipinski definition) is 1. The summed E-state index contributed by atoms with van der Waals surface area (Å²) in [6, 6.07) is 6.98. The Morgan fingerprint density at radius 3 is 2.37 bits per heavy atom. The average molecular weight is 414 g/mol. The van der Waals surface area contributed by atoms with Gasteiger partial charge in [0.2, 0.25) is 0 Å². The summed E-state index contributed by atoms with van der Waals surface area (Å²) in [5.74, 6) is -0.813. The molecule has 0 bridgehead atoms. The van der Waals surface area contributed by atoms with Gasteiger partial charge in [0.25, 0.3) is 11.5 Å². The number of aromatic nitrogens is 2. The molecule has 0 radical (unpaired) electrons. The molecule has 0 unspecified atom stereocenters. The van der Waals surface area contributed by atoms with E-state index in [4.69, 9.17) is 4.74 Å². The summed E-state index contributed by atoms with van der Waals surface area (Å²) >= 11 is 0. The number of carbonyl (C=O) groups excluding carboxylic acids is 2. The molecule has 7 heteroatoms. The molecule has 7 nitrogen and oxygen atoms in total. The van der Waals surface area contributed by atoms with Crippen molar-refractivity contribution in [2.24, 2.45) is 5.92 Å². The summed E-state index contributed by atoms with van der Waals surface area (Å²) in [5.41, 5.74) is -0.185. The molecule has 0 spiro atoms. The van der Waals surface area contributed by atoms with Crippen LogP contribution in [0.1, 0.15) is 69.8 Å². The van der Waals surface area contributed by atoms with E-state index in [-0.39, 0.29) is 29.1 Å². The number of nitrogens with zero attached hydrogens (tertiary/aromatic N) is 2. The van der Waals surface area contributed by atoms with Crippen LogP contribution in [-0.4, -0.2) is 33.8 Å². The van der Waals surface area contributed by atoms with Gasteiger partial charge in [-0.1, -0.05) is 57.7 Å². The number of esters is 1. The lowest BCUT2D eigenvalue weighted by molar-refractivity contribution is -0.129. The van der Waals surface area contributed by atoms with E-state index in [1.165, 1.54) is 17.5 Å². The van der Waals surface area contributed by atoms with Gasteiger partial charge < -0.3 is 10.1 Å². The van der Waals surface area contributed by atoms with Crippen LogP contribution >= 0.6 is 0 Å². The van der Waals surface area contributed by atoms with E-state index < -0.39 is 12.1 Å².